The molecular formula is C21H20N4O2. The molecule has 0 saturated heterocycles. The quantitative estimate of drug-likeness (QED) is 0.749. The van der Waals surface area contributed by atoms with Gasteiger partial charge < -0.3 is 10.6 Å². The van der Waals surface area contributed by atoms with Crippen LogP contribution in [-0.2, 0) is 11.2 Å². The first-order chi connectivity index (χ1) is 13.0. The summed E-state index contributed by atoms with van der Waals surface area (Å²) >= 11 is 0. The van der Waals surface area contributed by atoms with Gasteiger partial charge in [0.05, 0.1) is 11.4 Å². The Morgan fingerprint density at radius 2 is 1.96 bits per heavy atom. The summed E-state index contributed by atoms with van der Waals surface area (Å²) < 4.78 is 1.85. The topological polar surface area (TPSA) is 76.0 Å². The van der Waals surface area contributed by atoms with Crippen molar-refractivity contribution in [1.82, 2.24) is 9.78 Å². The number of hydrogen-bond donors (Lipinski definition) is 2. The van der Waals surface area contributed by atoms with Crippen molar-refractivity contribution in [3.05, 3.63) is 71.0 Å². The first-order valence-corrected chi connectivity index (χ1v) is 8.87. The lowest BCUT2D eigenvalue weighted by Gasteiger charge is -2.17. The van der Waals surface area contributed by atoms with Crippen LogP contribution in [0.4, 0.5) is 11.4 Å². The van der Waals surface area contributed by atoms with Crippen molar-refractivity contribution in [3.63, 3.8) is 0 Å². The van der Waals surface area contributed by atoms with E-state index in [-0.39, 0.29) is 11.8 Å². The van der Waals surface area contributed by atoms with Gasteiger partial charge in [-0.3, -0.25) is 9.59 Å². The Balaban J connectivity index is 1.56. The number of carbonyl (C=O) groups is 2. The average Bonchev–Trinajstić information content (AvgIpc) is 2.99. The number of hydrogen-bond acceptors (Lipinski definition) is 3. The summed E-state index contributed by atoms with van der Waals surface area (Å²) in [6.45, 7) is 3.95. The average molecular weight is 360 g/mol. The van der Waals surface area contributed by atoms with Crippen molar-refractivity contribution < 1.29 is 9.59 Å². The molecule has 0 saturated carbocycles. The molecule has 0 radical (unpaired) electrons. The molecule has 0 aliphatic carbocycles. The van der Waals surface area contributed by atoms with Gasteiger partial charge in [-0.15, -0.1) is 0 Å². The van der Waals surface area contributed by atoms with Crippen LogP contribution in [0.2, 0.25) is 0 Å². The standard InChI is InChI=1S/C21H20N4O2/c1-13-10-14(2)25(24-13)18-5-3-4-17(12-18)22-21(27)16-6-8-19-15(11-16)7-9-20(26)23-19/h3-6,8,10-12H,7,9H2,1-2H3,(H,22,27)(H,23,26). The van der Waals surface area contributed by atoms with E-state index in [1.165, 1.54) is 0 Å². The smallest absolute Gasteiger partial charge is 0.255 e. The monoisotopic (exact) mass is 360 g/mol. The van der Waals surface area contributed by atoms with Crippen LogP contribution >= 0.6 is 0 Å². The summed E-state index contributed by atoms with van der Waals surface area (Å²) in [7, 11) is 0. The number of nitrogens with zero attached hydrogens (tertiary/aromatic N) is 2. The molecule has 2 amide bonds. The molecular weight excluding hydrogens is 340 g/mol. The van der Waals surface area contributed by atoms with E-state index in [2.05, 4.69) is 15.7 Å². The number of aryl methyl sites for hydroxylation is 3. The maximum atomic E-state index is 12.7. The highest BCUT2D eigenvalue weighted by Crippen LogP contribution is 2.24. The maximum absolute atomic E-state index is 12.7. The van der Waals surface area contributed by atoms with E-state index in [9.17, 15) is 9.59 Å². The highest BCUT2D eigenvalue weighted by Gasteiger charge is 2.17. The Morgan fingerprint density at radius 3 is 2.74 bits per heavy atom. The molecule has 3 aromatic rings. The SMILES string of the molecule is Cc1cc(C)n(-c2cccc(NC(=O)c3ccc4c(c3)CCC(=O)N4)c2)n1. The van der Waals surface area contributed by atoms with Crippen molar-refractivity contribution in [2.75, 3.05) is 10.6 Å². The second-order valence-electron chi connectivity index (χ2n) is 6.76. The van der Waals surface area contributed by atoms with E-state index in [1.807, 2.05) is 54.9 Å². The fraction of sp³-hybridized carbons (Fsp3) is 0.190. The third-order valence-electron chi connectivity index (χ3n) is 4.62. The number of fused-ring (bicyclic) bond motifs is 1. The van der Waals surface area contributed by atoms with Crippen molar-refractivity contribution in [2.45, 2.75) is 26.7 Å². The first-order valence-electron chi connectivity index (χ1n) is 8.87. The highest BCUT2D eigenvalue weighted by molar-refractivity contribution is 6.05. The number of amides is 2. The van der Waals surface area contributed by atoms with E-state index in [0.29, 0.717) is 24.1 Å². The number of anilines is 2. The molecule has 1 aromatic heterocycles. The van der Waals surface area contributed by atoms with Crippen LogP contribution in [0.3, 0.4) is 0 Å². The summed E-state index contributed by atoms with van der Waals surface area (Å²) in [6.07, 6.45) is 1.10. The fourth-order valence-corrected chi connectivity index (χ4v) is 3.33. The lowest BCUT2D eigenvalue weighted by molar-refractivity contribution is -0.116. The first kappa shape index (κ1) is 17.0. The molecule has 2 N–H and O–H groups in total. The Labute approximate surface area is 157 Å². The second-order valence-corrected chi connectivity index (χ2v) is 6.76. The van der Waals surface area contributed by atoms with E-state index >= 15 is 0 Å². The van der Waals surface area contributed by atoms with Crippen LogP contribution in [-0.4, -0.2) is 21.6 Å². The van der Waals surface area contributed by atoms with Gasteiger partial charge in [0, 0.05) is 29.1 Å². The van der Waals surface area contributed by atoms with E-state index in [1.54, 1.807) is 12.1 Å². The minimum Gasteiger partial charge on any atom is -0.326 e. The molecule has 27 heavy (non-hydrogen) atoms. The molecule has 2 heterocycles. The third kappa shape index (κ3) is 3.46. The van der Waals surface area contributed by atoms with Crippen LogP contribution in [0.1, 0.15) is 33.7 Å². The van der Waals surface area contributed by atoms with Gasteiger partial charge in [-0.05, 0) is 68.3 Å². The number of rotatable bonds is 3. The second kappa shape index (κ2) is 6.72. The zero-order chi connectivity index (χ0) is 19.0. The molecule has 0 atom stereocenters. The summed E-state index contributed by atoms with van der Waals surface area (Å²) in [4.78, 5) is 24.1. The van der Waals surface area contributed by atoms with Gasteiger partial charge in [0.15, 0.2) is 0 Å². The Kier molecular flexibility index (Phi) is 4.24. The molecule has 1 aliphatic heterocycles. The van der Waals surface area contributed by atoms with Crippen LogP contribution in [0.15, 0.2) is 48.5 Å². The molecule has 1 aliphatic rings. The molecule has 0 fully saturated rings. The van der Waals surface area contributed by atoms with Gasteiger partial charge in [-0.25, -0.2) is 4.68 Å². The third-order valence-corrected chi connectivity index (χ3v) is 4.62. The van der Waals surface area contributed by atoms with Crippen molar-refractivity contribution in [1.29, 1.82) is 0 Å². The summed E-state index contributed by atoms with van der Waals surface area (Å²) in [5.41, 5.74) is 5.92. The van der Waals surface area contributed by atoms with Crippen molar-refractivity contribution >= 4 is 23.2 Å². The Morgan fingerprint density at radius 1 is 1.11 bits per heavy atom. The van der Waals surface area contributed by atoms with Gasteiger partial charge in [-0.2, -0.15) is 5.10 Å². The number of nitrogens with one attached hydrogen (secondary N) is 2. The van der Waals surface area contributed by atoms with E-state index in [0.717, 1.165) is 28.3 Å². The van der Waals surface area contributed by atoms with Crippen LogP contribution in [0.5, 0.6) is 0 Å². The molecule has 6 heteroatoms. The predicted molar refractivity (Wildman–Crippen MR) is 104 cm³/mol. The highest BCUT2D eigenvalue weighted by atomic mass is 16.2. The molecule has 0 bridgehead atoms. The maximum Gasteiger partial charge on any atom is 0.255 e. The van der Waals surface area contributed by atoms with Gasteiger partial charge >= 0.3 is 0 Å². The molecule has 0 unspecified atom stereocenters. The number of carbonyl (C=O) groups excluding carboxylic acids is 2. The van der Waals surface area contributed by atoms with Crippen LogP contribution in [0, 0.1) is 13.8 Å². The molecule has 2 aromatic carbocycles. The normalized spacial score (nSPS) is 13.0. The van der Waals surface area contributed by atoms with Crippen molar-refractivity contribution in [2.24, 2.45) is 0 Å². The lowest BCUT2D eigenvalue weighted by atomic mass is 10.00. The molecule has 4 rings (SSSR count). The van der Waals surface area contributed by atoms with Gasteiger partial charge in [0.2, 0.25) is 5.91 Å². The largest absolute Gasteiger partial charge is 0.326 e. The fourth-order valence-electron chi connectivity index (χ4n) is 3.33. The zero-order valence-electron chi connectivity index (χ0n) is 15.2. The number of aromatic nitrogens is 2. The zero-order valence-corrected chi connectivity index (χ0v) is 15.2. The molecule has 6 nitrogen and oxygen atoms in total. The minimum atomic E-state index is -0.180. The lowest BCUT2D eigenvalue weighted by Crippen LogP contribution is -2.20. The van der Waals surface area contributed by atoms with Gasteiger partial charge in [0.25, 0.3) is 5.91 Å². The summed E-state index contributed by atoms with van der Waals surface area (Å²) in [5.74, 6) is -0.166. The van der Waals surface area contributed by atoms with E-state index < -0.39 is 0 Å². The predicted octanol–water partition coefficient (Wildman–Crippen LogP) is 3.63. The number of benzene rings is 2. The van der Waals surface area contributed by atoms with Gasteiger partial charge in [0.1, 0.15) is 0 Å². The molecule has 136 valence electrons. The molecule has 0 spiro atoms. The van der Waals surface area contributed by atoms with E-state index in [4.69, 9.17) is 0 Å². The Bertz CT molecular complexity index is 1050. The minimum absolute atomic E-state index is 0.0145. The van der Waals surface area contributed by atoms with Gasteiger partial charge in [-0.1, -0.05) is 6.07 Å². The van der Waals surface area contributed by atoms with Crippen molar-refractivity contribution in [3.8, 4) is 5.69 Å². The summed E-state index contributed by atoms with van der Waals surface area (Å²) in [5, 5.41) is 10.3. The van der Waals surface area contributed by atoms with Crippen LogP contribution in [0.25, 0.3) is 5.69 Å². The van der Waals surface area contributed by atoms with Crippen LogP contribution < -0.4 is 10.6 Å². The summed E-state index contributed by atoms with van der Waals surface area (Å²) in [6, 6.07) is 15.0. The Hall–Kier alpha value is -3.41.